The molecule has 0 fully saturated rings. The molecule has 0 unspecified atom stereocenters. The molecule has 4 rings (SSSR count). The Balaban J connectivity index is 1.75. The molecule has 0 amide bonds. The van der Waals surface area contributed by atoms with Gasteiger partial charge in [-0.1, -0.05) is 6.07 Å². The van der Waals surface area contributed by atoms with E-state index in [1.54, 1.807) is 24.3 Å². The van der Waals surface area contributed by atoms with Crippen molar-refractivity contribution in [1.29, 1.82) is 0 Å². The lowest BCUT2D eigenvalue weighted by Crippen LogP contribution is -2.35. The number of nitrogens with zero attached hydrogens (tertiary/aromatic N) is 1. The van der Waals surface area contributed by atoms with Gasteiger partial charge in [0.1, 0.15) is 0 Å². The van der Waals surface area contributed by atoms with Gasteiger partial charge in [-0.3, -0.25) is 9.03 Å². The number of benzene rings is 2. The predicted octanol–water partition coefficient (Wildman–Crippen LogP) is 2.36. The smallest absolute Gasteiger partial charge is 0.264 e. The van der Waals surface area contributed by atoms with E-state index in [0.29, 0.717) is 61.0 Å². The number of anilines is 2. The Labute approximate surface area is 170 Å². The van der Waals surface area contributed by atoms with E-state index >= 15 is 0 Å². The van der Waals surface area contributed by atoms with Crippen LogP contribution in [0.5, 0.6) is 11.5 Å². The molecule has 2 aliphatic heterocycles. The Morgan fingerprint density at radius 3 is 2.48 bits per heavy atom. The first-order valence-electron chi connectivity index (χ1n) is 9.28. The van der Waals surface area contributed by atoms with Crippen LogP contribution < -0.4 is 18.5 Å². The Kier molecular flexibility index (Phi) is 5.07. The molecule has 0 saturated heterocycles. The van der Waals surface area contributed by atoms with E-state index in [0.717, 1.165) is 12.7 Å². The van der Waals surface area contributed by atoms with Crippen LogP contribution >= 0.6 is 0 Å². The molecular formula is C19H22N2O6S2. The van der Waals surface area contributed by atoms with Crippen molar-refractivity contribution in [2.75, 3.05) is 35.0 Å². The number of sulfonamides is 2. The summed E-state index contributed by atoms with van der Waals surface area (Å²) in [5.41, 5.74) is 1.56. The molecule has 2 heterocycles. The highest BCUT2D eigenvalue weighted by molar-refractivity contribution is 7.93. The number of nitrogens with one attached hydrogen (secondary N) is 1. The minimum Gasteiger partial charge on any atom is -0.490 e. The van der Waals surface area contributed by atoms with Gasteiger partial charge in [-0.25, -0.2) is 16.8 Å². The van der Waals surface area contributed by atoms with Crippen LogP contribution in [0.15, 0.2) is 41.3 Å². The lowest BCUT2D eigenvalue weighted by molar-refractivity contribution is 0.297. The third-order valence-corrected chi connectivity index (χ3v) is 7.21. The molecule has 1 N–H and O–H groups in total. The molecule has 156 valence electrons. The minimum absolute atomic E-state index is 0.107. The Morgan fingerprint density at radius 2 is 1.72 bits per heavy atom. The molecule has 0 saturated carbocycles. The maximum Gasteiger partial charge on any atom is 0.264 e. The summed E-state index contributed by atoms with van der Waals surface area (Å²) in [5.74, 6) is 0.938. The van der Waals surface area contributed by atoms with Gasteiger partial charge in [0, 0.05) is 24.6 Å². The van der Waals surface area contributed by atoms with E-state index in [4.69, 9.17) is 9.47 Å². The van der Waals surface area contributed by atoms with Gasteiger partial charge < -0.3 is 9.47 Å². The van der Waals surface area contributed by atoms with Gasteiger partial charge in [0.25, 0.3) is 10.0 Å². The van der Waals surface area contributed by atoms with Gasteiger partial charge in [-0.15, -0.1) is 0 Å². The maximum atomic E-state index is 13.4. The van der Waals surface area contributed by atoms with Gasteiger partial charge in [0.05, 0.1) is 35.7 Å². The molecule has 0 radical (unpaired) electrons. The summed E-state index contributed by atoms with van der Waals surface area (Å²) in [6, 6.07) is 9.60. The van der Waals surface area contributed by atoms with Gasteiger partial charge in [-0.2, -0.15) is 0 Å². The zero-order valence-corrected chi connectivity index (χ0v) is 17.6. The zero-order valence-electron chi connectivity index (χ0n) is 15.9. The van der Waals surface area contributed by atoms with Gasteiger partial charge in [-0.05, 0) is 37.1 Å². The molecule has 2 aromatic carbocycles. The molecule has 2 aliphatic rings. The summed E-state index contributed by atoms with van der Waals surface area (Å²) in [7, 11) is -7.34. The van der Waals surface area contributed by atoms with Crippen molar-refractivity contribution in [3.63, 3.8) is 0 Å². The lowest BCUT2D eigenvalue weighted by atomic mass is 10.0. The van der Waals surface area contributed by atoms with Gasteiger partial charge in [0.15, 0.2) is 11.5 Å². The summed E-state index contributed by atoms with van der Waals surface area (Å²) in [6.07, 6.45) is 2.97. The second kappa shape index (κ2) is 7.42. The molecular weight excluding hydrogens is 416 g/mol. The molecule has 10 heteroatoms. The van der Waals surface area contributed by atoms with Crippen molar-refractivity contribution in [1.82, 2.24) is 0 Å². The fourth-order valence-electron chi connectivity index (χ4n) is 3.57. The molecule has 0 atom stereocenters. The van der Waals surface area contributed by atoms with Gasteiger partial charge in [0.2, 0.25) is 10.0 Å². The highest BCUT2D eigenvalue weighted by Crippen LogP contribution is 2.38. The topological polar surface area (TPSA) is 102 Å². The fourth-order valence-corrected chi connectivity index (χ4v) is 5.71. The molecule has 8 nitrogen and oxygen atoms in total. The quantitative estimate of drug-likeness (QED) is 0.786. The Bertz CT molecular complexity index is 1150. The van der Waals surface area contributed by atoms with E-state index in [2.05, 4.69) is 4.72 Å². The van der Waals surface area contributed by atoms with Crippen molar-refractivity contribution in [2.24, 2.45) is 0 Å². The van der Waals surface area contributed by atoms with Crippen LogP contribution in [0.25, 0.3) is 0 Å². The van der Waals surface area contributed by atoms with Crippen molar-refractivity contribution in [3.8, 4) is 11.5 Å². The largest absolute Gasteiger partial charge is 0.490 e. The third-order valence-electron chi connectivity index (χ3n) is 4.81. The lowest BCUT2D eigenvalue weighted by Gasteiger charge is -2.31. The maximum absolute atomic E-state index is 13.4. The first-order valence-corrected chi connectivity index (χ1v) is 12.6. The molecule has 0 aliphatic carbocycles. The number of hydrogen-bond acceptors (Lipinski definition) is 6. The summed E-state index contributed by atoms with van der Waals surface area (Å²) < 4.78 is 65.2. The number of fused-ring (bicyclic) bond motifs is 2. The SMILES string of the molecule is CS(=O)(=O)Nc1cccc2c1CCCN2S(=O)(=O)c1ccc2c(c1)OCCCO2. The molecule has 2 aromatic rings. The summed E-state index contributed by atoms with van der Waals surface area (Å²) in [5, 5.41) is 0. The van der Waals surface area contributed by atoms with Crippen molar-refractivity contribution < 1.29 is 26.3 Å². The van der Waals surface area contributed by atoms with Crippen LogP contribution in [0.3, 0.4) is 0 Å². The molecule has 0 aromatic heterocycles. The van der Waals surface area contributed by atoms with Crippen LogP contribution in [0, 0.1) is 0 Å². The van der Waals surface area contributed by atoms with Crippen LogP contribution in [0.1, 0.15) is 18.4 Å². The predicted molar refractivity (Wildman–Crippen MR) is 110 cm³/mol. The highest BCUT2D eigenvalue weighted by Gasteiger charge is 2.31. The Hall–Kier alpha value is -2.46. The number of rotatable bonds is 4. The van der Waals surface area contributed by atoms with Crippen LogP contribution in [0.2, 0.25) is 0 Å². The normalized spacial score (nSPS) is 16.7. The number of ether oxygens (including phenoxy) is 2. The number of hydrogen-bond donors (Lipinski definition) is 1. The van der Waals surface area contributed by atoms with E-state index in [9.17, 15) is 16.8 Å². The first-order chi connectivity index (χ1) is 13.8. The molecule has 29 heavy (non-hydrogen) atoms. The summed E-state index contributed by atoms with van der Waals surface area (Å²) in [4.78, 5) is 0.107. The average Bonchev–Trinajstić information content (AvgIpc) is 2.91. The van der Waals surface area contributed by atoms with Crippen LogP contribution in [-0.4, -0.2) is 42.8 Å². The second-order valence-electron chi connectivity index (χ2n) is 7.02. The van der Waals surface area contributed by atoms with Crippen LogP contribution in [-0.2, 0) is 26.5 Å². The van der Waals surface area contributed by atoms with Crippen molar-refractivity contribution in [2.45, 2.75) is 24.2 Å². The van der Waals surface area contributed by atoms with E-state index in [-0.39, 0.29) is 4.90 Å². The molecule has 0 bridgehead atoms. The third kappa shape index (κ3) is 3.99. The van der Waals surface area contributed by atoms with E-state index in [1.807, 2.05) is 0 Å². The van der Waals surface area contributed by atoms with Crippen LogP contribution in [0.4, 0.5) is 11.4 Å². The second-order valence-corrected chi connectivity index (χ2v) is 10.6. The zero-order chi connectivity index (χ0) is 20.6. The summed E-state index contributed by atoms with van der Waals surface area (Å²) >= 11 is 0. The summed E-state index contributed by atoms with van der Waals surface area (Å²) in [6.45, 7) is 1.30. The van der Waals surface area contributed by atoms with Gasteiger partial charge >= 0.3 is 0 Å². The Morgan fingerprint density at radius 1 is 0.966 bits per heavy atom. The highest BCUT2D eigenvalue weighted by atomic mass is 32.2. The average molecular weight is 439 g/mol. The first kappa shape index (κ1) is 19.8. The monoisotopic (exact) mass is 438 g/mol. The standard InChI is InChI=1S/C19H22N2O6S2/c1-28(22,23)20-16-6-2-7-17-15(16)5-3-10-21(17)29(24,25)14-8-9-18-19(13-14)27-12-4-11-26-18/h2,6-9,13,20H,3-5,10-12H2,1H3. The molecule has 0 spiro atoms. The van der Waals surface area contributed by atoms with Crippen molar-refractivity contribution >= 4 is 31.4 Å². The van der Waals surface area contributed by atoms with E-state index in [1.165, 1.54) is 16.4 Å². The van der Waals surface area contributed by atoms with E-state index < -0.39 is 20.0 Å². The fraction of sp³-hybridized carbons (Fsp3) is 0.368. The minimum atomic E-state index is -3.86. The van der Waals surface area contributed by atoms with Crippen molar-refractivity contribution in [3.05, 3.63) is 42.0 Å².